The Morgan fingerprint density at radius 3 is 2.69 bits per heavy atom. The van der Waals surface area contributed by atoms with Gasteiger partial charge in [0.1, 0.15) is 0 Å². The van der Waals surface area contributed by atoms with E-state index < -0.39 is 12.6 Å². The SMILES string of the molecule is CN1CCCCC1CNCCCC(F)(F)F. The third-order valence-electron chi connectivity index (χ3n) is 3.12. The van der Waals surface area contributed by atoms with Gasteiger partial charge in [0.15, 0.2) is 0 Å². The van der Waals surface area contributed by atoms with E-state index in [1.165, 1.54) is 12.8 Å². The molecule has 16 heavy (non-hydrogen) atoms. The predicted octanol–water partition coefficient (Wildman–Crippen LogP) is 2.40. The van der Waals surface area contributed by atoms with Crippen molar-refractivity contribution >= 4 is 0 Å². The molecule has 0 saturated carbocycles. The van der Waals surface area contributed by atoms with Crippen LogP contribution >= 0.6 is 0 Å². The second-order valence-electron chi connectivity index (χ2n) is 4.55. The highest BCUT2D eigenvalue weighted by Crippen LogP contribution is 2.20. The van der Waals surface area contributed by atoms with Gasteiger partial charge in [0, 0.05) is 19.0 Å². The van der Waals surface area contributed by atoms with Crippen LogP contribution < -0.4 is 5.32 Å². The summed E-state index contributed by atoms with van der Waals surface area (Å²) < 4.78 is 35.6. The fraction of sp³-hybridized carbons (Fsp3) is 1.00. The Morgan fingerprint density at radius 1 is 1.31 bits per heavy atom. The van der Waals surface area contributed by atoms with E-state index in [1.807, 2.05) is 0 Å². The van der Waals surface area contributed by atoms with Gasteiger partial charge < -0.3 is 10.2 Å². The van der Waals surface area contributed by atoms with E-state index in [4.69, 9.17) is 0 Å². The summed E-state index contributed by atoms with van der Waals surface area (Å²) in [4.78, 5) is 2.29. The smallest absolute Gasteiger partial charge is 0.315 e. The molecular formula is C11H21F3N2. The van der Waals surface area contributed by atoms with E-state index in [-0.39, 0.29) is 6.42 Å². The van der Waals surface area contributed by atoms with Gasteiger partial charge in [0.05, 0.1) is 0 Å². The molecule has 5 heteroatoms. The number of hydrogen-bond donors (Lipinski definition) is 1. The van der Waals surface area contributed by atoms with Crippen LogP contribution in [0.2, 0.25) is 0 Å². The normalized spacial score (nSPS) is 23.6. The van der Waals surface area contributed by atoms with Crippen LogP contribution in [-0.4, -0.2) is 43.8 Å². The lowest BCUT2D eigenvalue weighted by Gasteiger charge is -2.32. The minimum Gasteiger partial charge on any atom is -0.315 e. The first kappa shape index (κ1) is 13.8. The van der Waals surface area contributed by atoms with Crippen LogP contribution in [0.15, 0.2) is 0 Å². The second kappa shape index (κ2) is 6.45. The minimum absolute atomic E-state index is 0.180. The lowest BCUT2D eigenvalue weighted by molar-refractivity contribution is -0.135. The highest BCUT2D eigenvalue weighted by Gasteiger charge is 2.26. The lowest BCUT2D eigenvalue weighted by atomic mass is 10.0. The van der Waals surface area contributed by atoms with Crippen molar-refractivity contribution in [3.8, 4) is 0 Å². The van der Waals surface area contributed by atoms with Crippen LogP contribution in [0.1, 0.15) is 32.1 Å². The number of piperidine rings is 1. The maximum absolute atomic E-state index is 11.9. The Kier molecular flexibility index (Phi) is 5.55. The molecule has 1 heterocycles. The van der Waals surface area contributed by atoms with Crippen molar-refractivity contribution in [2.75, 3.05) is 26.7 Å². The topological polar surface area (TPSA) is 15.3 Å². The molecule has 0 spiro atoms. The van der Waals surface area contributed by atoms with Crippen LogP contribution in [0.5, 0.6) is 0 Å². The molecule has 1 N–H and O–H groups in total. The summed E-state index contributed by atoms with van der Waals surface area (Å²) in [6.45, 7) is 2.38. The molecule has 1 fully saturated rings. The van der Waals surface area contributed by atoms with Crippen LogP contribution in [0, 0.1) is 0 Å². The molecule has 1 rings (SSSR count). The monoisotopic (exact) mass is 238 g/mol. The van der Waals surface area contributed by atoms with Gasteiger partial charge >= 0.3 is 6.18 Å². The van der Waals surface area contributed by atoms with Crippen molar-refractivity contribution in [1.82, 2.24) is 10.2 Å². The molecule has 0 aromatic carbocycles. The molecule has 1 aliphatic heterocycles. The van der Waals surface area contributed by atoms with Crippen LogP contribution in [0.4, 0.5) is 13.2 Å². The summed E-state index contributed by atoms with van der Waals surface area (Å²) in [6, 6.07) is 0.500. The van der Waals surface area contributed by atoms with Crippen molar-refractivity contribution in [2.45, 2.75) is 44.3 Å². The summed E-state index contributed by atoms with van der Waals surface area (Å²) in [5.74, 6) is 0. The molecule has 96 valence electrons. The standard InChI is InChI=1S/C11H21F3N2/c1-16-8-3-2-5-10(16)9-15-7-4-6-11(12,13)14/h10,15H,2-9H2,1H3. The molecule has 0 bridgehead atoms. The molecule has 1 atom stereocenters. The molecule has 0 amide bonds. The number of nitrogens with zero attached hydrogens (tertiary/aromatic N) is 1. The van der Waals surface area contributed by atoms with Crippen LogP contribution in [0.3, 0.4) is 0 Å². The number of rotatable bonds is 5. The van der Waals surface area contributed by atoms with Crippen molar-refractivity contribution in [3.63, 3.8) is 0 Å². The van der Waals surface area contributed by atoms with E-state index in [0.717, 1.165) is 19.5 Å². The number of alkyl halides is 3. The molecular weight excluding hydrogens is 217 g/mol. The Morgan fingerprint density at radius 2 is 2.06 bits per heavy atom. The molecule has 0 aliphatic carbocycles. The van der Waals surface area contributed by atoms with E-state index in [9.17, 15) is 13.2 Å². The Bertz CT molecular complexity index is 194. The molecule has 1 aliphatic rings. The van der Waals surface area contributed by atoms with Crippen molar-refractivity contribution in [3.05, 3.63) is 0 Å². The predicted molar refractivity (Wildman–Crippen MR) is 58.4 cm³/mol. The Labute approximate surface area is 95.2 Å². The number of likely N-dealkylation sites (tertiary alicyclic amines) is 1. The summed E-state index contributed by atoms with van der Waals surface area (Å²) in [5.41, 5.74) is 0. The number of nitrogens with one attached hydrogen (secondary N) is 1. The van der Waals surface area contributed by atoms with Gasteiger partial charge in [-0.1, -0.05) is 6.42 Å². The highest BCUT2D eigenvalue weighted by molar-refractivity contribution is 4.76. The van der Waals surface area contributed by atoms with Gasteiger partial charge in [0.25, 0.3) is 0 Å². The van der Waals surface area contributed by atoms with E-state index in [0.29, 0.717) is 12.6 Å². The molecule has 0 aromatic rings. The fourth-order valence-corrected chi connectivity index (χ4v) is 2.08. The first-order valence-electron chi connectivity index (χ1n) is 5.97. The first-order chi connectivity index (χ1) is 7.49. The van der Waals surface area contributed by atoms with Gasteiger partial charge in [-0.2, -0.15) is 13.2 Å². The molecule has 1 saturated heterocycles. The quantitative estimate of drug-likeness (QED) is 0.740. The zero-order valence-corrected chi connectivity index (χ0v) is 9.82. The second-order valence-corrected chi connectivity index (χ2v) is 4.55. The lowest BCUT2D eigenvalue weighted by Crippen LogP contribution is -2.43. The number of hydrogen-bond acceptors (Lipinski definition) is 2. The third-order valence-corrected chi connectivity index (χ3v) is 3.12. The summed E-state index contributed by atoms with van der Waals surface area (Å²) in [5, 5.41) is 3.12. The van der Waals surface area contributed by atoms with Crippen molar-refractivity contribution in [1.29, 1.82) is 0 Å². The molecule has 0 aromatic heterocycles. The van der Waals surface area contributed by atoms with Crippen LogP contribution in [-0.2, 0) is 0 Å². The average molecular weight is 238 g/mol. The number of halogens is 3. The van der Waals surface area contributed by atoms with Crippen molar-refractivity contribution < 1.29 is 13.2 Å². The van der Waals surface area contributed by atoms with E-state index >= 15 is 0 Å². The largest absolute Gasteiger partial charge is 0.389 e. The minimum atomic E-state index is -4.01. The van der Waals surface area contributed by atoms with Gasteiger partial charge in [-0.25, -0.2) is 0 Å². The third kappa shape index (κ3) is 5.70. The van der Waals surface area contributed by atoms with Gasteiger partial charge in [-0.3, -0.25) is 0 Å². The zero-order chi connectivity index (χ0) is 12.0. The fourth-order valence-electron chi connectivity index (χ4n) is 2.08. The molecule has 1 unspecified atom stereocenters. The van der Waals surface area contributed by atoms with Gasteiger partial charge in [0.2, 0.25) is 0 Å². The van der Waals surface area contributed by atoms with Gasteiger partial charge in [-0.15, -0.1) is 0 Å². The first-order valence-corrected chi connectivity index (χ1v) is 5.97. The Balaban J connectivity index is 2.02. The summed E-state index contributed by atoms with van der Waals surface area (Å²) >= 11 is 0. The van der Waals surface area contributed by atoms with Crippen molar-refractivity contribution in [2.24, 2.45) is 0 Å². The highest BCUT2D eigenvalue weighted by atomic mass is 19.4. The maximum atomic E-state index is 11.9. The number of likely N-dealkylation sites (N-methyl/N-ethyl adjacent to an activating group) is 1. The van der Waals surface area contributed by atoms with Crippen LogP contribution in [0.25, 0.3) is 0 Å². The van der Waals surface area contributed by atoms with Gasteiger partial charge in [-0.05, 0) is 39.4 Å². The average Bonchev–Trinajstić information content (AvgIpc) is 2.18. The molecule has 0 radical (unpaired) electrons. The maximum Gasteiger partial charge on any atom is 0.389 e. The molecule has 2 nitrogen and oxygen atoms in total. The zero-order valence-electron chi connectivity index (χ0n) is 9.82. The summed E-state index contributed by atoms with van der Waals surface area (Å²) in [7, 11) is 2.08. The van der Waals surface area contributed by atoms with E-state index in [2.05, 4.69) is 17.3 Å². The van der Waals surface area contributed by atoms with E-state index in [1.54, 1.807) is 0 Å². The summed E-state index contributed by atoms with van der Waals surface area (Å²) in [6.07, 6.45) is -0.882. The Hall–Kier alpha value is -0.290.